The maximum atomic E-state index is 13.0. The first-order chi connectivity index (χ1) is 18.6. The first-order valence-corrected chi connectivity index (χ1v) is 13.5. The molecular formula is C25H30N6O7S. The lowest BCUT2D eigenvalue weighted by atomic mass is 10.2. The van der Waals surface area contributed by atoms with Crippen molar-refractivity contribution >= 4 is 33.4 Å². The molecule has 3 rings (SSSR count). The summed E-state index contributed by atoms with van der Waals surface area (Å²) in [5.74, 6) is -1.88. The first-order valence-electron chi connectivity index (χ1n) is 12.0. The Morgan fingerprint density at radius 2 is 1.74 bits per heavy atom. The first kappa shape index (κ1) is 29.1. The number of carbonyl (C=O) groups excluding carboxylic acids is 1. The summed E-state index contributed by atoms with van der Waals surface area (Å²) in [7, 11) is -4.15. The fourth-order valence-corrected chi connectivity index (χ4v) is 4.76. The molecule has 1 amide bonds. The molecule has 0 unspecified atom stereocenters. The number of aliphatic imine (C=N–C) groups is 1. The van der Waals surface area contributed by atoms with Crippen molar-refractivity contribution in [3.63, 3.8) is 0 Å². The minimum absolute atomic E-state index is 0.0512. The smallest absolute Gasteiger partial charge is 0.323 e. The Balaban J connectivity index is 1.64. The van der Waals surface area contributed by atoms with E-state index in [1.54, 1.807) is 24.3 Å². The number of pyridine rings is 2. The lowest BCUT2D eigenvalue weighted by Crippen LogP contribution is -2.48. The van der Waals surface area contributed by atoms with Crippen LogP contribution in [0.1, 0.15) is 29.6 Å². The minimum atomic E-state index is -4.15. The van der Waals surface area contributed by atoms with Gasteiger partial charge < -0.3 is 26.6 Å². The van der Waals surface area contributed by atoms with Gasteiger partial charge in [0.1, 0.15) is 17.4 Å². The average Bonchev–Trinajstić information content (AvgIpc) is 2.91. The van der Waals surface area contributed by atoms with Crippen LogP contribution in [0.25, 0.3) is 5.52 Å². The van der Waals surface area contributed by atoms with Gasteiger partial charge in [0, 0.05) is 18.6 Å². The van der Waals surface area contributed by atoms with E-state index in [1.165, 1.54) is 40.9 Å². The Morgan fingerprint density at radius 3 is 2.44 bits per heavy atom. The maximum absolute atomic E-state index is 13.0. The molecular weight excluding hydrogens is 528 g/mol. The second-order valence-electron chi connectivity index (χ2n) is 8.46. The van der Waals surface area contributed by atoms with Crippen LogP contribution in [-0.2, 0) is 14.8 Å². The Hall–Kier alpha value is -4.43. The Labute approximate surface area is 224 Å². The number of guanidine groups is 1. The van der Waals surface area contributed by atoms with E-state index in [9.17, 15) is 27.9 Å². The molecule has 39 heavy (non-hydrogen) atoms. The van der Waals surface area contributed by atoms with Crippen molar-refractivity contribution < 1.29 is 27.9 Å². The third kappa shape index (κ3) is 8.28. The summed E-state index contributed by atoms with van der Waals surface area (Å²) in [5.41, 5.74) is 10.2. The third-order valence-electron chi connectivity index (χ3n) is 5.55. The molecule has 3 aromatic rings. The SMILES string of the molecule is NC(N)=NCCCCCOc1ccc2ccc(C(=O)NC[C@H](NS(=O)(=O)c3ccccc3)C(=O)O)c(=O)n2c1. The topological polar surface area (TPSA) is 208 Å². The fourth-order valence-electron chi connectivity index (χ4n) is 3.55. The Bertz CT molecular complexity index is 1500. The number of carbonyl (C=O) groups is 2. The summed E-state index contributed by atoms with van der Waals surface area (Å²) < 4.78 is 34.0. The molecule has 0 aliphatic rings. The van der Waals surface area contributed by atoms with Crippen LogP contribution in [0.3, 0.4) is 0 Å². The van der Waals surface area contributed by atoms with Crippen LogP contribution in [-0.4, -0.2) is 61.5 Å². The predicted molar refractivity (Wildman–Crippen MR) is 144 cm³/mol. The van der Waals surface area contributed by atoms with Gasteiger partial charge in [-0.1, -0.05) is 18.2 Å². The monoisotopic (exact) mass is 558 g/mol. The number of benzene rings is 1. The van der Waals surface area contributed by atoms with Crippen LogP contribution < -0.4 is 31.8 Å². The van der Waals surface area contributed by atoms with Gasteiger partial charge >= 0.3 is 5.97 Å². The van der Waals surface area contributed by atoms with Gasteiger partial charge in [-0.2, -0.15) is 4.72 Å². The van der Waals surface area contributed by atoms with Crippen molar-refractivity contribution in [2.24, 2.45) is 16.5 Å². The number of unbranched alkanes of at least 4 members (excludes halogenated alkanes) is 2. The normalized spacial score (nSPS) is 12.0. The van der Waals surface area contributed by atoms with E-state index in [0.717, 1.165) is 19.3 Å². The van der Waals surface area contributed by atoms with Crippen molar-refractivity contribution in [2.75, 3.05) is 19.7 Å². The maximum Gasteiger partial charge on any atom is 0.323 e. The molecule has 0 bridgehead atoms. The highest BCUT2D eigenvalue weighted by atomic mass is 32.2. The van der Waals surface area contributed by atoms with Crippen LogP contribution in [0.2, 0.25) is 0 Å². The van der Waals surface area contributed by atoms with Gasteiger partial charge in [-0.05, 0) is 55.7 Å². The van der Waals surface area contributed by atoms with Crippen molar-refractivity contribution in [2.45, 2.75) is 30.2 Å². The van der Waals surface area contributed by atoms with Crippen molar-refractivity contribution in [3.05, 3.63) is 76.7 Å². The Morgan fingerprint density at radius 1 is 1.03 bits per heavy atom. The van der Waals surface area contributed by atoms with Gasteiger partial charge in [0.2, 0.25) is 10.0 Å². The number of hydrogen-bond donors (Lipinski definition) is 5. The van der Waals surface area contributed by atoms with Gasteiger partial charge in [0.25, 0.3) is 11.5 Å². The Kier molecular flexibility index (Phi) is 10.0. The highest BCUT2D eigenvalue weighted by Crippen LogP contribution is 2.13. The van der Waals surface area contributed by atoms with E-state index in [0.29, 0.717) is 24.4 Å². The van der Waals surface area contributed by atoms with Crippen LogP contribution in [0.5, 0.6) is 5.75 Å². The van der Waals surface area contributed by atoms with Crippen LogP contribution in [0.4, 0.5) is 0 Å². The van der Waals surface area contributed by atoms with E-state index >= 15 is 0 Å². The number of nitrogens with one attached hydrogen (secondary N) is 2. The van der Waals surface area contributed by atoms with Crippen molar-refractivity contribution in [3.8, 4) is 5.75 Å². The second-order valence-corrected chi connectivity index (χ2v) is 10.2. The van der Waals surface area contributed by atoms with Gasteiger partial charge in [-0.3, -0.25) is 23.8 Å². The molecule has 0 spiro atoms. The number of sulfonamides is 1. The number of ether oxygens (including phenoxy) is 1. The number of nitrogens with zero attached hydrogens (tertiary/aromatic N) is 2. The van der Waals surface area contributed by atoms with E-state index in [1.807, 2.05) is 4.72 Å². The molecule has 0 aliphatic carbocycles. The van der Waals surface area contributed by atoms with E-state index in [2.05, 4.69) is 10.3 Å². The molecule has 0 saturated heterocycles. The largest absolute Gasteiger partial charge is 0.492 e. The third-order valence-corrected chi connectivity index (χ3v) is 7.04. The number of carboxylic acids is 1. The highest BCUT2D eigenvalue weighted by Gasteiger charge is 2.26. The summed E-state index contributed by atoms with van der Waals surface area (Å²) in [4.78, 5) is 41.2. The number of fused-ring (bicyclic) bond motifs is 1. The van der Waals surface area contributed by atoms with E-state index < -0.39 is 40.0 Å². The number of rotatable bonds is 14. The zero-order chi connectivity index (χ0) is 28.4. The summed E-state index contributed by atoms with van der Waals surface area (Å²) in [6.07, 6.45) is 3.84. The number of amides is 1. The summed E-state index contributed by atoms with van der Waals surface area (Å²) in [6, 6.07) is 11.8. The van der Waals surface area contributed by atoms with Gasteiger partial charge in [0.15, 0.2) is 5.96 Å². The van der Waals surface area contributed by atoms with E-state index in [4.69, 9.17) is 16.2 Å². The lowest BCUT2D eigenvalue weighted by molar-refractivity contribution is -0.138. The molecule has 208 valence electrons. The molecule has 0 fully saturated rings. The minimum Gasteiger partial charge on any atom is -0.492 e. The number of carboxylic acid groups (broad SMARTS) is 1. The zero-order valence-corrected chi connectivity index (χ0v) is 21.8. The molecule has 0 radical (unpaired) electrons. The molecule has 1 atom stereocenters. The highest BCUT2D eigenvalue weighted by molar-refractivity contribution is 7.89. The lowest BCUT2D eigenvalue weighted by Gasteiger charge is -2.16. The van der Waals surface area contributed by atoms with Gasteiger partial charge in [-0.15, -0.1) is 0 Å². The number of nitrogens with two attached hydrogens (primary N) is 2. The number of aliphatic carboxylic acids is 1. The van der Waals surface area contributed by atoms with Crippen molar-refractivity contribution in [1.82, 2.24) is 14.4 Å². The molecule has 0 aliphatic heterocycles. The van der Waals surface area contributed by atoms with Gasteiger partial charge in [-0.25, -0.2) is 8.42 Å². The molecule has 1 aromatic carbocycles. The average molecular weight is 559 g/mol. The molecule has 7 N–H and O–H groups in total. The summed E-state index contributed by atoms with van der Waals surface area (Å²) in [5, 5.41) is 11.8. The van der Waals surface area contributed by atoms with Crippen LogP contribution in [0.15, 0.2) is 75.5 Å². The van der Waals surface area contributed by atoms with Crippen molar-refractivity contribution in [1.29, 1.82) is 0 Å². The van der Waals surface area contributed by atoms with Crippen LogP contribution in [0, 0.1) is 0 Å². The molecule has 0 saturated carbocycles. The zero-order valence-electron chi connectivity index (χ0n) is 20.9. The molecule has 13 nitrogen and oxygen atoms in total. The number of hydrogen-bond acceptors (Lipinski definition) is 7. The molecule has 2 heterocycles. The second kappa shape index (κ2) is 13.4. The predicted octanol–water partition coefficient (Wildman–Crippen LogP) is 0.284. The summed E-state index contributed by atoms with van der Waals surface area (Å²) >= 11 is 0. The van der Waals surface area contributed by atoms with E-state index in [-0.39, 0.29) is 16.4 Å². The summed E-state index contributed by atoms with van der Waals surface area (Å²) in [6.45, 7) is 0.344. The van der Waals surface area contributed by atoms with Crippen LogP contribution >= 0.6 is 0 Å². The standard InChI is InChI=1S/C25H30N6O7S/c26-25(27)28-13-5-2-6-14-38-18-11-9-17-10-12-20(23(33)31(17)16-18)22(32)29-15-21(24(34)35)30-39(36,37)19-7-3-1-4-8-19/h1,3-4,7-12,16,21,30H,2,5-6,13-15H2,(H,29,32)(H,34,35)(H4,26,27,28)/t21-/m0/s1. The van der Waals surface area contributed by atoms with Gasteiger partial charge in [0.05, 0.1) is 17.7 Å². The number of aromatic nitrogens is 1. The fraction of sp³-hybridized carbons (Fsp3) is 0.280. The molecule has 14 heteroatoms. The molecule has 2 aromatic heterocycles. The quantitative estimate of drug-likeness (QED) is 0.104.